The molecule has 0 aromatic heterocycles. The molecule has 0 radical (unpaired) electrons. The molecule has 0 fully saturated rings. The topological polar surface area (TPSA) is 55.8 Å². The van der Waals surface area contributed by atoms with E-state index in [1.54, 1.807) is 42.5 Å². The highest BCUT2D eigenvalue weighted by Crippen LogP contribution is 2.46. The van der Waals surface area contributed by atoms with Gasteiger partial charge >= 0.3 is 7.82 Å². The Morgan fingerprint density at radius 2 is 1.48 bits per heavy atom. The van der Waals surface area contributed by atoms with Crippen molar-refractivity contribution >= 4 is 7.82 Å². The molecular weight excluding hydrogens is 287 g/mol. The van der Waals surface area contributed by atoms with Crippen LogP contribution in [0.25, 0.3) is 0 Å². The lowest BCUT2D eigenvalue weighted by Gasteiger charge is -2.23. The van der Waals surface area contributed by atoms with Crippen LogP contribution in [0.5, 0.6) is 11.5 Å². The van der Waals surface area contributed by atoms with Crippen LogP contribution < -0.4 is 9.05 Å². The zero-order valence-electron chi connectivity index (χ0n) is 12.3. The molecule has 0 saturated heterocycles. The Bertz CT molecular complexity index is 647. The minimum absolute atomic E-state index is 0.205. The molecule has 0 heterocycles. The van der Waals surface area contributed by atoms with Crippen molar-refractivity contribution in [3.8, 4) is 11.5 Å². The first-order valence-electron chi connectivity index (χ1n) is 6.64. The second-order valence-corrected chi connectivity index (χ2v) is 7.01. The maximum Gasteiger partial charge on any atom is 0.584 e. The summed E-state index contributed by atoms with van der Waals surface area (Å²) in [4.78, 5) is 9.92. The van der Waals surface area contributed by atoms with E-state index in [4.69, 9.17) is 9.05 Å². The second kappa shape index (κ2) is 5.92. The van der Waals surface area contributed by atoms with Gasteiger partial charge < -0.3 is 9.05 Å². The summed E-state index contributed by atoms with van der Waals surface area (Å²) in [5.41, 5.74) is 0.638. The highest BCUT2D eigenvalue weighted by atomic mass is 31.2. The van der Waals surface area contributed by atoms with Crippen LogP contribution in [0.2, 0.25) is 0 Å². The van der Waals surface area contributed by atoms with E-state index in [1.165, 1.54) is 0 Å². The number of hydrogen-bond acceptors (Lipinski definition) is 3. The highest BCUT2D eigenvalue weighted by molar-refractivity contribution is 7.48. The molecule has 0 amide bonds. The van der Waals surface area contributed by atoms with Gasteiger partial charge in [0.25, 0.3) is 0 Å². The average Bonchev–Trinajstić information content (AvgIpc) is 2.38. The van der Waals surface area contributed by atoms with E-state index >= 15 is 0 Å². The Balaban J connectivity index is 2.23. The van der Waals surface area contributed by atoms with E-state index in [1.807, 2.05) is 32.9 Å². The number of phosphoric acid groups is 1. The third-order valence-electron chi connectivity index (χ3n) is 2.87. The van der Waals surface area contributed by atoms with Crippen LogP contribution in [0.15, 0.2) is 54.6 Å². The fourth-order valence-electron chi connectivity index (χ4n) is 1.92. The van der Waals surface area contributed by atoms with Gasteiger partial charge in [-0.25, -0.2) is 4.57 Å². The Labute approximate surface area is 125 Å². The van der Waals surface area contributed by atoms with Crippen molar-refractivity contribution in [1.29, 1.82) is 0 Å². The molecular formula is C16H19O4P. The second-order valence-electron chi connectivity index (χ2n) is 5.71. The number of phosphoric ester groups is 1. The van der Waals surface area contributed by atoms with Crippen LogP contribution in [-0.4, -0.2) is 4.89 Å². The number of para-hydroxylation sites is 2. The van der Waals surface area contributed by atoms with E-state index in [2.05, 4.69) is 0 Å². The lowest BCUT2D eigenvalue weighted by Crippen LogP contribution is -2.13. The average molecular weight is 306 g/mol. The van der Waals surface area contributed by atoms with Crippen molar-refractivity contribution in [2.45, 2.75) is 26.2 Å². The SMILES string of the molecule is CC(C)(C)c1ccccc1OP(=O)(O)Oc1ccccc1. The predicted octanol–water partition coefficient (Wildman–Crippen LogP) is 4.54. The fraction of sp³-hybridized carbons (Fsp3) is 0.250. The maximum absolute atomic E-state index is 12.1. The largest absolute Gasteiger partial charge is 0.584 e. The summed E-state index contributed by atoms with van der Waals surface area (Å²) >= 11 is 0. The van der Waals surface area contributed by atoms with Gasteiger partial charge in [0.15, 0.2) is 0 Å². The first kappa shape index (κ1) is 15.6. The molecule has 0 saturated carbocycles. The molecule has 2 aromatic carbocycles. The number of hydrogen-bond donors (Lipinski definition) is 1. The standard InChI is InChI=1S/C16H19O4P/c1-16(2,3)14-11-7-8-12-15(14)20-21(17,18)19-13-9-5-4-6-10-13/h4-12H,1-3H3,(H,17,18). The van der Waals surface area contributed by atoms with E-state index in [0.29, 0.717) is 5.75 Å². The Morgan fingerprint density at radius 1 is 0.905 bits per heavy atom. The van der Waals surface area contributed by atoms with E-state index in [-0.39, 0.29) is 11.2 Å². The van der Waals surface area contributed by atoms with Crippen LogP contribution in [0.1, 0.15) is 26.3 Å². The first-order chi connectivity index (χ1) is 9.78. The van der Waals surface area contributed by atoms with Crippen molar-refractivity contribution < 1.29 is 18.5 Å². The van der Waals surface area contributed by atoms with E-state index in [9.17, 15) is 9.46 Å². The lowest BCUT2D eigenvalue weighted by molar-refractivity contribution is 0.288. The van der Waals surface area contributed by atoms with Crippen LogP contribution in [0, 0.1) is 0 Å². The molecule has 21 heavy (non-hydrogen) atoms. The molecule has 0 aliphatic heterocycles. The smallest absolute Gasteiger partial charge is 0.395 e. The summed E-state index contributed by atoms with van der Waals surface area (Å²) in [6, 6.07) is 15.6. The summed E-state index contributed by atoms with van der Waals surface area (Å²) in [6.45, 7) is 6.03. The van der Waals surface area contributed by atoms with Gasteiger partial charge in [0.05, 0.1) is 0 Å². The summed E-state index contributed by atoms with van der Waals surface area (Å²) in [5.74, 6) is 0.642. The molecule has 1 N–H and O–H groups in total. The zero-order valence-corrected chi connectivity index (χ0v) is 13.2. The first-order valence-corrected chi connectivity index (χ1v) is 8.14. The van der Waals surface area contributed by atoms with Crippen LogP contribution >= 0.6 is 7.82 Å². The molecule has 1 unspecified atom stereocenters. The Hall–Kier alpha value is -1.77. The molecule has 2 rings (SSSR count). The van der Waals surface area contributed by atoms with Gasteiger partial charge in [-0.1, -0.05) is 57.2 Å². The molecule has 4 nitrogen and oxygen atoms in total. The molecule has 0 aliphatic rings. The van der Waals surface area contributed by atoms with Crippen molar-refractivity contribution in [3.05, 3.63) is 60.2 Å². The summed E-state index contributed by atoms with van der Waals surface area (Å²) in [5, 5.41) is 0. The van der Waals surface area contributed by atoms with Crippen LogP contribution in [-0.2, 0) is 9.98 Å². The molecule has 112 valence electrons. The van der Waals surface area contributed by atoms with Gasteiger partial charge in [0.2, 0.25) is 0 Å². The molecule has 2 aromatic rings. The third-order valence-corrected chi connectivity index (χ3v) is 3.74. The molecule has 0 spiro atoms. The summed E-state index contributed by atoms with van der Waals surface area (Å²) in [7, 11) is -4.23. The normalized spacial score (nSPS) is 14.3. The number of rotatable bonds is 4. The minimum Gasteiger partial charge on any atom is -0.395 e. The van der Waals surface area contributed by atoms with Gasteiger partial charge in [-0.05, 0) is 23.6 Å². The van der Waals surface area contributed by atoms with Crippen molar-refractivity contribution in [3.63, 3.8) is 0 Å². The van der Waals surface area contributed by atoms with Crippen LogP contribution in [0.3, 0.4) is 0 Å². The zero-order chi connectivity index (χ0) is 15.5. The number of benzene rings is 2. The van der Waals surface area contributed by atoms with Gasteiger partial charge in [0.1, 0.15) is 11.5 Å². The third kappa shape index (κ3) is 4.35. The van der Waals surface area contributed by atoms with Crippen molar-refractivity contribution in [2.75, 3.05) is 0 Å². The molecule has 5 heteroatoms. The maximum atomic E-state index is 12.1. The van der Waals surface area contributed by atoms with Crippen molar-refractivity contribution in [1.82, 2.24) is 0 Å². The van der Waals surface area contributed by atoms with Gasteiger partial charge in [-0.2, -0.15) is 0 Å². The van der Waals surface area contributed by atoms with Gasteiger partial charge in [-0.15, -0.1) is 0 Å². The highest BCUT2D eigenvalue weighted by Gasteiger charge is 2.28. The molecule has 0 aliphatic carbocycles. The molecule has 1 atom stereocenters. The molecule has 0 bridgehead atoms. The van der Waals surface area contributed by atoms with E-state index < -0.39 is 7.82 Å². The lowest BCUT2D eigenvalue weighted by atomic mass is 9.86. The quantitative estimate of drug-likeness (QED) is 0.842. The van der Waals surface area contributed by atoms with Crippen molar-refractivity contribution in [2.24, 2.45) is 0 Å². The van der Waals surface area contributed by atoms with Gasteiger partial charge in [-0.3, -0.25) is 4.89 Å². The fourth-order valence-corrected chi connectivity index (χ4v) is 2.76. The van der Waals surface area contributed by atoms with Gasteiger partial charge in [0, 0.05) is 5.56 Å². The summed E-state index contributed by atoms with van der Waals surface area (Å²) < 4.78 is 22.5. The summed E-state index contributed by atoms with van der Waals surface area (Å²) in [6.07, 6.45) is 0. The van der Waals surface area contributed by atoms with E-state index in [0.717, 1.165) is 5.56 Å². The Kier molecular flexibility index (Phi) is 4.40. The predicted molar refractivity (Wildman–Crippen MR) is 82.7 cm³/mol. The Morgan fingerprint density at radius 3 is 2.10 bits per heavy atom. The monoisotopic (exact) mass is 306 g/mol. The minimum atomic E-state index is -4.23. The van der Waals surface area contributed by atoms with Crippen LogP contribution in [0.4, 0.5) is 0 Å².